The molecular formula is C16H17BrClNOS. The Kier molecular flexibility index (Phi) is 4.44. The predicted molar refractivity (Wildman–Crippen MR) is 91.9 cm³/mol. The number of fused-ring (bicyclic) bond motifs is 1. The van der Waals surface area contributed by atoms with Gasteiger partial charge in [0.05, 0.1) is 6.10 Å². The molecule has 112 valence electrons. The smallest absolute Gasteiger partial charge is 0.107 e. The molecule has 0 aliphatic heterocycles. The van der Waals surface area contributed by atoms with Crippen LogP contribution in [-0.2, 0) is 12.8 Å². The molecule has 0 amide bonds. The number of halogens is 2. The Labute approximate surface area is 142 Å². The van der Waals surface area contributed by atoms with Crippen LogP contribution >= 0.6 is 38.9 Å². The number of aliphatic hydroxyl groups is 1. The molecule has 2 atom stereocenters. The summed E-state index contributed by atoms with van der Waals surface area (Å²) in [6.07, 6.45) is 2.10. The molecule has 0 spiro atoms. The van der Waals surface area contributed by atoms with Gasteiger partial charge in [0, 0.05) is 21.3 Å². The van der Waals surface area contributed by atoms with Crippen molar-refractivity contribution in [2.24, 2.45) is 11.1 Å². The Bertz CT molecular complexity index is 640. The van der Waals surface area contributed by atoms with E-state index in [0.717, 1.165) is 28.6 Å². The molecule has 1 aliphatic carbocycles. The standard InChI is InChI=1S/C16H17BrClNOS/c17-12-7-13(21-15(12)18)14(20)16(9-19)6-5-10-3-1-2-4-11(10)8-16/h1-4,7,14,20H,5-6,8-9,19H2. The highest BCUT2D eigenvalue weighted by atomic mass is 79.9. The summed E-state index contributed by atoms with van der Waals surface area (Å²) in [5, 5.41) is 10.9. The second-order valence-corrected chi connectivity index (χ2v) is 8.23. The molecule has 0 radical (unpaired) electrons. The maximum Gasteiger partial charge on any atom is 0.107 e. The fourth-order valence-corrected chi connectivity index (χ4v) is 5.01. The van der Waals surface area contributed by atoms with Gasteiger partial charge in [-0.3, -0.25) is 0 Å². The van der Waals surface area contributed by atoms with Crippen LogP contribution in [0.15, 0.2) is 34.8 Å². The lowest BCUT2D eigenvalue weighted by atomic mass is 9.68. The van der Waals surface area contributed by atoms with Gasteiger partial charge >= 0.3 is 0 Å². The molecule has 2 nitrogen and oxygen atoms in total. The van der Waals surface area contributed by atoms with Gasteiger partial charge in [-0.25, -0.2) is 0 Å². The zero-order valence-electron chi connectivity index (χ0n) is 11.5. The van der Waals surface area contributed by atoms with E-state index in [4.69, 9.17) is 17.3 Å². The molecule has 21 heavy (non-hydrogen) atoms. The van der Waals surface area contributed by atoms with Crippen LogP contribution in [0, 0.1) is 5.41 Å². The van der Waals surface area contributed by atoms with Crippen LogP contribution in [0.3, 0.4) is 0 Å². The average Bonchev–Trinajstić information content (AvgIpc) is 2.85. The van der Waals surface area contributed by atoms with Gasteiger partial charge in [0.15, 0.2) is 0 Å². The summed E-state index contributed by atoms with van der Waals surface area (Å²) in [5.74, 6) is 0. The Morgan fingerprint density at radius 3 is 2.71 bits per heavy atom. The lowest BCUT2D eigenvalue weighted by Gasteiger charge is -2.40. The van der Waals surface area contributed by atoms with Crippen LogP contribution in [0.2, 0.25) is 4.34 Å². The lowest BCUT2D eigenvalue weighted by Crippen LogP contribution is -2.41. The van der Waals surface area contributed by atoms with Crippen molar-refractivity contribution in [2.45, 2.75) is 25.4 Å². The van der Waals surface area contributed by atoms with Crippen molar-refractivity contribution in [3.63, 3.8) is 0 Å². The number of hydrogen-bond donors (Lipinski definition) is 2. The number of nitrogens with two attached hydrogens (primary N) is 1. The highest BCUT2D eigenvalue weighted by molar-refractivity contribution is 9.10. The highest BCUT2D eigenvalue weighted by Crippen LogP contribution is 2.47. The Morgan fingerprint density at radius 1 is 1.38 bits per heavy atom. The molecule has 1 aromatic carbocycles. The molecule has 2 unspecified atom stereocenters. The first-order valence-electron chi connectivity index (χ1n) is 6.95. The third-order valence-corrected chi connectivity index (χ3v) is 7.00. The van der Waals surface area contributed by atoms with Gasteiger partial charge in [-0.1, -0.05) is 35.9 Å². The van der Waals surface area contributed by atoms with Gasteiger partial charge < -0.3 is 10.8 Å². The summed E-state index contributed by atoms with van der Waals surface area (Å²) in [6, 6.07) is 10.3. The fourth-order valence-electron chi connectivity index (χ4n) is 3.14. The van der Waals surface area contributed by atoms with Gasteiger partial charge in [0.2, 0.25) is 0 Å². The van der Waals surface area contributed by atoms with E-state index in [9.17, 15) is 5.11 Å². The first-order chi connectivity index (χ1) is 10.1. The van der Waals surface area contributed by atoms with E-state index in [1.54, 1.807) is 0 Å². The second kappa shape index (κ2) is 6.01. The first-order valence-corrected chi connectivity index (χ1v) is 8.94. The summed E-state index contributed by atoms with van der Waals surface area (Å²) in [7, 11) is 0. The van der Waals surface area contributed by atoms with Crippen molar-refractivity contribution in [3.8, 4) is 0 Å². The van der Waals surface area contributed by atoms with Crippen molar-refractivity contribution in [2.75, 3.05) is 6.54 Å². The number of hydrogen-bond acceptors (Lipinski definition) is 3. The van der Waals surface area contributed by atoms with E-state index in [0.29, 0.717) is 10.9 Å². The molecule has 0 bridgehead atoms. The molecule has 3 N–H and O–H groups in total. The normalized spacial score (nSPS) is 22.9. The summed E-state index contributed by atoms with van der Waals surface area (Å²) >= 11 is 10.9. The van der Waals surface area contributed by atoms with Gasteiger partial charge in [0.1, 0.15) is 4.34 Å². The zero-order chi connectivity index (χ0) is 15.0. The van der Waals surface area contributed by atoms with E-state index in [-0.39, 0.29) is 5.41 Å². The zero-order valence-corrected chi connectivity index (χ0v) is 14.6. The van der Waals surface area contributed by atoms with Gasteiger partial charge in [-0.05, 0) is 52.4 Å². The minimum Gasteiger partial charge on any atom is -0.387 e. The molecular weight excluding hydrogens is 370 g/mol. The molecule has 1 aliphatic rings. The molecule has 5 heteroatoms. The number of benzene rings is 1. The molecule has 3 rings (SSSR count). The lowest BCUT2D eigenvalue weighted by molar-refractivity contribution is 0.0204. The summed E-state index contributed by atoms with van der Waals surface area (Å²) < 4.78 is 1.51. The van der Waals surface area contributed by atoms with E-state index in [1.165, 1.54) is 22.5 Å². The first kappa shape index (κ1) is 15.5. The molecule has 0 saturated heterocycles. The van der Waals surface area contributed by atoms with Crippen LogP contribution < -0.4 is 5.73 Å². The summed E-state index contributed by atoms with van der Waals surface area (Å²) in [4.78, 5) is 0.886. The van der Waals surface area contributed by atoms with Gasteiger partial charge in [-0.15, -0.1) is 11.3 Å². The van der Waals surface area contributed by atoms with Crippen molar-refractivity contribution >= 4 is 38.9 Å². The number of aryl methyl sites for hydroxylation is 1. The third-order valence-electron chi connectivity index (χ3n) is 4.47. The molecule has 2 aromatic rings. The van der Waals surface area contributed by atoms with Crippen LogP contribution in [0.4, 0.5) is 0 Å². The largest absolute Gasteiger partial charge is 0.387 e. The van der Waals surface area contributed by atoms with E-state index >= 15 is 0 Å². The van der Waals surface area contributed by atoms with Crippen molar-refractivity contribution < 1.29 is 5.11 Å². The van der Waals surface area contributed by atoms with E-state index in [1.807, 2.05) is 6.07 Å². The number of aliphatic hydroxyl groups excluding tert-OH is 1. The number of thiophene rings is 1. The maximum absolute atomic E-state index is 10.9. The Balaban J connectivity index is 1.94. The molecule has 1 heterocycles. The molecule has 0 fully saturated rings. The maximum atomic E-state index is 10.9. The van der Waals surface area contributed by atoms with Crippen LogP contribution in [0.25, 0.3) is 0 Å². The molecule has 0 saturated carbocycles. The van der Waals surface area contributed by atoms with Gasteiger partial charge in [-0.2, -0.15) is 0 Å². The van der Waals surface area contributed by atoms with Gasteiger partial charge in [0.25, 0.3) is 0 Å². The summed E-state index contributed by atoms with van der Waals surface area (Å²) in [6.45, 7) is 0.468. The minimum atomic E-state index is -0.579. The third kappa shape index (κ3) is 2.80. The predicted octanol–water partition coefficient (Wildman–Crippen LogP) is 4.33. The van der Waals surface area contributed by atoms with Crippen LogP contribution in [0.1, 0.15) is 28.5 Å². The van der Waals surface area contributed by atoms with Crippen LogP contribution in [0.5, 0.6) is 0 Å². The van der Waals surface area contributed by atoms with Crippen molar-refractivity contribution in [1.29, 1.82) is 0 Å². The Hall–Kier alpha value is -0.390. The quantitative estimate of drug-likeness (QED) is 0.824. The second-order valence-electron chi connectivity index (χ2n) is 5.68. The van der Waals surface area contributed by atoms with Crippen molar-refractivity contribution in [3.05, 3.63) is 55.1 Å². The van der Waals surface area contributed by atoms with E-state index < -0.39 is 6.10 Å². The topological polar surface area (TPSA) is 46.2 Å². The highest BCUT2D eigenvalue weighted by Gasteiger charge is 2.41. The molecule has 1 aromatic heterocycles. The monoisotopic (exact) mass is 385 g/mol. The van der Waals surface area contributed by atoms with Crippen LogP contribution in [-0.4, -0.2) is 11.7 Å². The van der Waals surface area contributed by atoms with Crippen molar-refractivity contribution in [1.82, 2.24) is 0 Å². The van der Waals surface area contributed by atoms with E-state index in [2.05, 4.69) is 40.2 Å². The average molecular weight is 387 g/mol. The Morgan fingerprint density at radius 2 is 2.10 bits per heavy atom. The number of rotatable bonds is 3. The minimum absolute atomic E-state index is 0.304. The fraction of sp³-hybridized carbons (Fsp3) is 0.375. The SMILES string of the molecule is NCC1(C(O)c2cc(Br)c(Cl)s2)CCc2ccccc2C1. The summed E-state index contributed by atoms with van der Waals surface area (Å²) in [5.41, 5.74) is 8.45.